The number of methoxy groups -OCH3 is 1. The van der Waals surface area contributed by atoms with Gasteiger partial charge >= 0.3 is 6.03 Å². The molecular formula is C28H28N2O7. The molecule has 0 saturated carbocycles. The molecular weight excluding hydrogens is 476 g/mol. The first-order valence-corrected chi connectivity index (χ1v) is 11.8. The lowest BCUT2D eigenvalue weighted by Gasteiger charge is -2.25. The molecule has 0 spiro atoms. The first-order valence-electron chi connectivity index (χ1n) is 11.8. The molecule has 1 fully saturated rings. The second-order valence-corrected chi connectivity index (χ2v) is 8.52. The smallest absolute Gasteiger partial charge is 0.331 e. The van der Waals surface area contributed by atoms with Gasteiger partial charge in [0.25, 0.3) is 11.8 Å². The standard InChI is InChI=1S/C28H28N2O7/c1-18-7-9-23(19(2)14-18)36-12-5-13-37-24-10-8-20(16-25(24)34-3)15-22-26(31)29-28(33)30(27(22)32)17-21-6-4-11-35-21/h4,6-11,14-16H,5,12-13,17H2,1-3H3,(H,29,31,33)/b22-15-. The zero-order valence-electron chi connectivity index (χ0n) is 20.9. The minimum Gasteiger partial charge on any atom is -0.493 e. The number of nitrogens with one attached hydrogen (secondary N) is 1. The monoisotopic (exact) mass is 504 g/mol. The van der Waals surface area contributed by atoms with Crippen molar-refractivity contribution in [1.82, 2.24) is 10.2 Å². The molecule has 0 atom stereocenters. The van der Waals surface area contributed by atoms with E-state index in [1.54, 1.807) is 30.3 Å². The molecule has 4 amide bonds. The number of barbiturate groups is 1. The number of rotatable bonds is 10. The van der Waals surface area contributed by atoms with E-state index >= 15 is 0 Å². The molecule has 4 rings (SSSR count). The Morgan fingerprint density at radius 3 is 2.41 bits per heavy atom. The van der Waals surface area contributed by atoms with E-state index in [0.29, 0.717) is 42.5 Å². The third kappa shape index (κ3) is 6.19. The molecule has 0 bridgehead atoms. The number of furan rings is 1. The first kappa shape index (κ1) is 25.6. The summed E-state index contributed by atoms with van der Waals surface area (Å²) in [6.45, 7) is 4.87. The zero-order chi connectivity index (χ0) is 26.4. The summed E-state index contributed by atoms with van der Waals surface area (Å²) in [5.41, 5.74) is 2.64. The third-order valence-electron chi connectivity index (χ3n) is 5.71. The Balaban J connectivity index is 1.39. The summed E-state index contributed by atoms with van der Waals surface area (Å²) in [7, 11) is 1.50. The molecule has 0 radical (unpaired) electrons. The normalized spacial score (nSPS) is 14.6. The first-order chi connectivity index (χ1) is 17.9. The number of imide groups is 2. The average molecular weight is 505 g/mol. The van der Waals surface area contributed by atoms with E-state index in [9.17, 15) is 14.4 Å². The minimum absolute atomic E-state index is 0.0917. The molecule has 1 aromatic heterocycles. The Morgan fingerprint density at radius 1 is 0.946 bits per heavy atom. The van der Waals surface area contributed by atoms with E-state index in [0.717, 1.165) is 16.2 Å². The van der Waals surface area contributed by atoms with Crippen molar-refractivity contribution in [3.63, 3.8) is 0 Å². The van der Waals surface area contributed by atoms with E-state index in [1.807, 2.05) is 26.0 Å². The molecule has 1 aliphatic rings. The maximum absolute atomic E-state index is 12.9. The van der Waals surface area contributed by atoms with Crippen LogP contribution in [-0.2, 0) is 16.1 Å². The van der Waals surface area contributed by atoms with Crippen LogP contribution in [0, 0.1) is 13.8 Å². The molecule has 1 saturated heterocycles. The van der Waals surface area contributed by atoms with Crippen LogP contribution < -0.4 is 19.5 Å². The van der Waals surface area contributed by atoms with Crippen LogP contribution in [0.3, 0.4) is 0 Å². The lowest BCUT2D eigenvalue weighted by molar-refractivity contribution is -0.130. The van der Waals surface area contributed by atoms with Gasteiger partial charge in [0.2, 0.25) is 0 Å². The summed E-state index contributed by atoms with van der Waals surface area (Å²) < 4.78 is 22.4. The molecule has 2 heterocycles. The highest BCUT2D eigenvalue weighted by Crippen LogP contribution is 2.30. The number of nitrogens with zero attached hydrogens (tertiary/aromatic N) is 1. The van der Waals surface area contributed by atoms with Crippen molar-refractivity contribution in [3.8, 4) is 17.2 Å². The summed E-state index contributed by atoms with van der Waals surface area (Å²) >= 11 is 0. The number of amides is 4. The van der Waals surface area contributed by atoms with Gasteiger partial charge in [0, 0.05) is 6.42 Å². The van der Waals surface area contributed by atoms with Crippen LogP contribution in [0.2, 0.25) is 0 Å². The molecule has 37 heavy (non-hydrogen) atoms. The van der Waals surface area contributed by atoms with E-state index in [-0.39, 0.29) is 12.1 Å². The number of aryl methyl sites for hydroxylation is 2. The summed E-state index contributed by atoms with van der Waals surface area (Å²) in [6.07, 6.45) is 3.51. The Morgan fingerprint density at radius 2 is 1.70 bits per heavy atom. The molecule has 0 aliphatic carbocycles. The molecule has 9 nitrogen and oxygen atoms in total. The number of urea groups is 1. The van der Waals surface area contributed by atoms with Crippen molar-refractivity contribution in [2.24, 2.45) is 0 Å². The molecule has 0 unspecified atom stereocenters. The van der Waals surface area contributed by atoms with Crippen LogP contribution >= 0.6 is 0 Å². The van der Waals surface area contributed by atoms with Crippen molar-refractivity contribution in [2.45, 2.75) is 26.8 Å². The second-order valence-electron chi connectivity index (χ2n) is 8.52. The largest absolute Gasteiger partial charge is 0.493 e. The molecule has 1 aliphatic heterocycles. The van der Waals surface area contributed by atoms with Crippen LogP contribution in [-0.4, -0.2) is 43.1 Å². The van der Waals surface area contributed by atoms with E-state index in [1.165, 1.54) is 25.0 Å². The van der Waals surface area contributed by atoms with Crippen molar-refractivity contribution >= 4 is 23.9 Å². The van der Waals surface area contributed by atoms with E-state index < -0.39 is 17.8 Å². The second kappa shape index (κ2) is 11.5. The lowest BCUT2D eigenvalue weighted by Crippen LogP contribution is -2.53. The van der Waals surface area contributed by atoms with Gasteiger partial charge in [0.05, 0.1) is 33.1 Å². The maximum Gasteiger partial charge on any atom is 0.331 e. The Labute approximate surface area is 214 Å². The van der Waals surface area contributed by atoms with Crippen LogP contribution in [0.25, 0.3) is 6.08 Å². The number of hydrogen-bond acceptors (Lipinski definition) is 7. The number of benzene rings is 2. The van der Waals surface area contributed by atoms with Crippen molar-refractivity contribution in [2.75, 3.05) is 20.3 Å². The fourth-order valence-electron chi connectivity index (χ4n) is 3.84. The highest BCUT2D eigenvalue weighted by atomic mass is 16.5. The average Bonchev–Trinajstić information content (AvgIpc) is 3.39. The number of ether oxygens (including phenoxy) is 3. The lowest BCUT2D eigenvalue weighted by atomic mass is 10.1. The van der Waals surface area contributed by atoms with E-state index in [4.69, 9.17) is 18.6 Å². The van der Waals surface area contributed by atoms with Gasteiger partial charge in [-0.25, -0.2) is 4.79 Å². The van der Waals surface area contributed by atoms with Gasteiger partial charge in [-0.1, -0.05) is 23.8 Å². The van der Waals surface area contributed by atoms with E-state index in [2.05, 4.69) is 11.4 Å². The van der Waals surface area contributed by atoms with Gasteiger partial charge in [-0.2, -0.15) is 0 Å². The van der Waals surface area contributed by atoms with Crippen LogP contribution in [0.1, 0.15) is 28.9 Å². The van der Waals surface area contributed by atoms with Gasteiger partial charge in [-0.15, -0.1) is 0 Å². The van der Waals surface area contributed by atoms with Gasteiger partial charge in [0.1, 0.15) is 17.1 Å². The molecule has 1 N–H and O–H groups in total. The summed E-state index contributed by atoms with van der Waals surface area (Å²) in [4.78, 5) is 38.4. The summed E-state index contributed by atoms with van der Waals surface area (Å²) in [5, 5.41) is 2.19. The van der Waals surface area contributed by atoms with Gasteiger partial charge in [-0.05, 0) is 61.4 Å². The highest BCUT2D eigenvalue weighted by Gasteiger charge is 2.36. The molecule has 3 aromatic rings. The highest BCUT2D eigenvalue weighted by molar-refractivity contribution is 6.30. The van der Waals surface area contributed by atoms with Crippen LogP contribution in [0.5, 0.6) is 17.2 Å². The predicted octanol–water partition coefficient (Wildman–Crippen LogP) is 4.41. The van der Waals surface area contributed by atoms with Gasteiger partial charge in [0.15, 0.2) is 11.5 Å². The molecule has 9 heteroatoms. The van der Waals surface area contributed by atoms with Gasteiger partial charge < -0.3 is 18.6 Å². The fraction of sp³-hybridized carbons (Fsp3) is 0.250. The third-order valence-corrected chi connectivity index (χ3v) is 5.71. The predicted molar refractivity (Wildman–Crippen MR) is 135 cm³/mol. The SMILES string of the molecule is COc1cc(/C=C2/C(=O)NC(=O)N(Cc3ccco3)C2=O)ccc1OCCCOc1ccc(C)cc1C. The fourth-order valence-corrected chi connectivity index (χ4v) is 3.84. The Bertz CT molecular complexity index is 1330. The topological polar surface area (TPSA) is 107 Å². The van der Waals surface area contributed by atoms with Gasteiger partial charge in [-0.3, -0.25) is 19.8 Å². The summed E-state index contributed by atoms with van der Waals surface area (Å²) in [5.74, 6) is 0.746. The molecule has 192 valence electrons. The van der Waals surface area contributed by atoms with Crippen LogP contribution in [0.15, 0.2) is 64.8 Å². The quantitative estimate of drug-likeness (QED) is 0.247. The van der Waals surface area contributed by atoms with Crippen molar-refractivity contribution in [1.29, 1.82) is 0 Å². The molecule has 2 aromatic carbocycles. The maximum atomic E-state index is 12.9. The van der Waals surface area contributed by atoms with Crippen molar-refractivity contribution < 1.29 is 33.0 Å². The zero-order valence-corrected chi connectivity index (χ0v) is 20.9. The van der Waals surface area contributed by atoms with Crippen LogP contribution in [0.4, 0.5) is 4.79 Å². The summed E-state index contributed by atoms with van der Waals surface area (Å²) in [6, 6.07) is 13.6. The number of carbonyl (C=O) groups excluding carboxylic acids is 3. The number of hydrogen-bond donors (Lipinski definition) is 1. The minimum atomic E-state index is -0.800. The Kier molecular flexibility index (Phi) is 7.92. The number of carbonyl (C=O) groups is 3. The Hall–Kier alpha value is -4.53. The van der Waals surface area contributed by atoms with Crippen molar-refractivity contribution in [3.05, 3.63) is 82.8 Å².